The third kappa shape index (κ3) is 4.40. The Labute approximate surface area is 118 Å². The summed E-state index contributed by atoms with van der Waals surface area (Å²) in [6, 6.07) is 4.88. The summed E-state index contributed by atoms with van der Waals surface area (Å²) >= 11 is 5.89. The first-order chi connectivity index (χ1) is 9.06. The van der Waals surface area contributed by atoms with Crippen molar-refractivity contribution in [1.29, 1.82) is 0 Å². The summed E-state index contributed by atoms with van der Waals surface area (Å²) < 4.78 is 5.52. The maximum atomic E-state index is 12.1. The molecule has 19 heavy (non-hydrogen) atoms. The van der Waals surface area contributed by atoms with Crippen LogP contribution < -0.4 is 5.73 Å². The zero-order chi connectivity index (χ0) is 13.8. The van der Waals surface area contributed by atoms with Crippen LogP contribution in [0.5, 0.6) is 0 Å². The molecule has 0 atom stereocenters. The van der Waals surface area contributed by atoms with Crippen molar-refractivity contribution in [2.45, 2.75) is 12.8 Å². The van der Waals surface area contributed by atoms with Crippen molar-refractivity contribution >= 4 is 23.2 Å². The van der Waals surface area contributed by atoms with Gasteiger partial charge in [0, 0.05) is 36.5 Å². The van der Waals surface area contributed by atoms with Gasteiger partial charge >= 0.3 is 0 Å². The first-order valence-electron chi connectivity index (χ1n) is 6.45. The summed E-state index contributed by atoms with van der Waals surface area (Å²) in [5, 5.41) is 0.474. The van der Waals surface area contributed by atoms with Gasteiger partial charge in [-0.1, -0.05) is 11.6 Å². The molecule has 0 heterocycles. The summed E-state index contributed by atoms with van der Waals surface area (Å²) in [6.07, 6.45) is 2.55. The number of nitrogens with zero attached hydrogens (tertiary/aromatic N) is 1. The minimum Gasteiger partial charge on any atom is -0.399 e. The fourth-order valence-corrected chi connectivity index (χ4v) is 2.04. The van der Waals surface area contributed by atoms with Crippen molar-refractivity contribution < 1.29 is 9.53 Å². The minimum absolute atomic E-state index is 0.0933. The highest BCUT2D eigenvalue weighted by molar-refractivity contribution is 6.31. The molecule has 0 radical (unpaired) electrons. The second-order valence-electron chi connectivity index (χ2n) is 5.02. The molecule has 1 fully saturated rings. The van der Waals surface area contributed by atoms with Crippen LogP contribution in [0.4, 0.5) is 5.69 Å². The molecule has 1 aromatic rings. The number of carbonyl (C=O) groups excluding carboxylic acids is 1. The van der Waals surface area contributed by atoms with Gasteiger partial charge in [-0.05, 0) is 37.0 Å². The number of hydrogen-bond acceptors (Lipinski definition) is 3. The Balaban J connectivity index is 1.82. The van der Waals surface area contributed by atoms with E-state index in [9.17, 15) is 4.79 Å². The van der Waals surface area contributed by atoms with Gasteiger partial charge in [-0.15, -0.1) is 0 Å². The van der Waals surface area contributed by atoms with Crippen molar-refractivity contribution in [3.05, 3.63) is 28.8 Å². The van der Waals surface area contributed by atoms with Gasteiger partial charge in [-0.2, -0.15) is 0 Å². The van der Waals surface area contributed by atoms with Gasteiger partial charge in [-0.3, -0.25) is 4.79 Å². The van der Waals surface area contributed by atoms with E-state index in [1.54, 1.807) is 30.1 Å². The molecule has 104 valence electrons. The number of anilines is 1. The molecule has 0 spiro atoms. The van der Waals surface area contributed by atoms with E-state index in [1.807, 2.05) is 0 Å². The van der Waals surface area contributed by atoms with Gasteiger partial charge < -0.3 is 15.4 Å². The summed E-state index contributed by atoms with van der Waals surface area (Å²) in [7, 11) is 1.75. The fraction of sp³-hybridized carbons (Fsp3) is 0.500. The number of amides is 1. The number of carbonyl (C=O) groups is 1. The molecule has 0 bridgehead atoms. The molecule has 2 N–H and O–H groups in total. The molecule has 0 aromatic heterocycles. The van der Waals surface area contributed by atoms with Crippen LogP contribution in [0.3, 0.4) is 0 Å². The van der Waals surface area contributed by atoms with Crippen LogP contribution in [-0.4, -0.2) is 37.6 Å². The number of benzene rings is 1. The Morgan fingerprint density at radius 1 is 1.47 bits per heavy atom. The summed E-state index contributed by atoms with van der Waals surface area (Å²) in [5.74, 6) is 0.651. The third-order valence-electron chi connectivity index (χ3n) is 3.14. The van der Waals surface area contributed by atoms with Crippen molar-refractivity contribution in [3.63, 3.8) is 0 Å². The van der Waals surface area contributed by atoms with E-state index in [0.29, 0.717) is 29.4 Å². The lowest BCUT2D eigenvalue weighted by atomic mass is 10.2. The lowest BCUT2D eigenvalue weighted by Crippen LogP contribution is -2.30. The van der Waals surface area contributed by atoms with E-state index in [1.165, 1.54) is 12.8 Å². The standard InChI is InChI=1S/C14H19ClN2O2/c1-17(4-5-19-9-10-2-3-10)14(18)11-6-12(15)8-13(16)7-11/h6-8,10H,2-5,9,16H2,1H3. The Morgan fingerprint density at radius 2 is 2.21 bits per heavy atom. The predicted octanol–water partition coefficient (Wildman–Crippen LogP) is 2.42. The molecule has 0 unspecified atom stereocenters. The van der Waals surface area contributed by atoms with Crippen LogP contribution in [-0.2, 0) is 4.74 Å². The minimum atomic E-state index is -0.0933. The molecule has 1 aromatic carbocycles. The monoisotopic (exact) mass is 282 g/mol. The molecular formula is C14H19ClN2O2. The second-order valence-corrected chi connectivity index (χ2v) is 5.45. The lowest BCUT2D eigenvalue weighted by Gasteiger charge is -2.17. The zero-order valence-corrected chi connectivity index (χ0v) is 11.8. The van der Waals surface area contributed by atoms with E-state index >= 15 is 0 Å². The van der Waals surface area contributed by atoms with Crippen molar-refractivity contribution in [2.75, 3.05) is 32.5 Å². The van der Waals surface area contributed by atoms with E-state index in [-0.39, 0.29) is 5.91 Å². The Kier molecular flexibility index (Phi) is 4.66. The highest BCUT2D eigenvalue weighted by Gasteiger charge is 2.21. The second kappa shape index (κ2) is 6.26. The molecule has 4 nitrogen and oxygen atoms in total. The largest absolute Gasteiger partial charge is 0.399 e. The quantitative estimate of drug-likeness (QED) is 0.644. The van der Waals surface area contributed by atoms with E-state index in [4.69, 9.17) is 22.1 Å². The number of likely N-dealkylation sites (N-methyl/N-ethyl adjacent to an activating group) is 1. The molecule has 2 rings (SSSR count). The zero-order valence-electron chi connectivity index (χ0n) is 11.1. The topological polar surface area (TPSA) is 55.6 Å². The highest BCUT2D eigenvalue weighted by Crippen LogP contribution is 2.28. The van der Waals surface area contributed by atoms with Crippen LogP contribution in [0.15, 0.2) is 18.2 Å². The smallest absolute Gasteiger partial charge is 0.253 e. The Morgan fingerprint density at radius 3 is 2.84 bits per heavy atom. The van der Waals surface area contributed by atoms with Crippen LogP contribution >= 0.6 is 11.6 Å². The molecule has 1 amide bonds. The van der Waals surface area contributed by atoms with E-state index in [2.05, 4.69) is 0 Å². The molecule has 0 saturated heterocycles. The predicted molar refractivity (Wildman–Crippen MR) is 76.4 cm³/mol. The number of hydrogen-bond donors (Lipinski definition) is 1. The normalized spacial score (nSPS) is 14.4. The van der Waals surface area contributed by atoms with Gasteiger partial charge in [0.25, 0.3) is 5.91 Å². The SMILES string of the molecule is CN(CCOCC1CC1)C(=O)c1cc(N)cc(Cl)c1. The number of rotatable bonds is 6. The highest BCUT2D eigenvalue weighted by atomic mass is 35.5. The van der Waals surface area contributed by atoms with Crippen molar-refractivity contribution in [3.8, 4) is 0 Å². The van der Waals surface area contributed by atoms with E-state index in [0.717, 1.165) is 12.5 Å². The van der Waals surface area contributed by atoms with Crippen molar-refractivity contribution in [2.24, 2.45) is 5.92 Å². The average Bonchev–Trinajstić information content (AvgIpc) is 3.16. The van der Waals surface area contributed by atoms with Crippen LogP contribution in [0.1, 0.15) is 23.2 Å². The summed E-state index contributed by atoms with van der Waals surface area (Å²) in [4.78, 5) is 13.8. The van der Waals surface area contributed by atoms with Gasteiger partial charge in [0.1, 0.15) is 0 Å². The molecule has 1 aliphatic rings. The average molecular weight is 283 g/mol. The molecule has 0 aliphatic heterocycles. The lowest BCUT2D eigenvalue weighted by molar-refractivity contribution is 0.0681. The molecule has 1 saturated carbocycles. The third-order valence-corrected chi connectivity index (χ3v) is 3.35. The Bertz CT molecular complexity index is 441. The van der Waals surface area contributed by atoms with Gasteiger partial charge in [0.2, 0.25) is 0 Å². The summed E-state index contributed by atoms with van der Waals surface area (Å²) in [6.45, 7) is 1.94. The number of halogens is 1. The number of nitrogens with two attached hydrogens (primary N) is 1. The van der Waals surface area contributed by atoms with Crippen LogP contribution in [0.25, 0.3) is 0 Å². The first-order valence-corrected chi connectivity index (χ1v) is 6.83. The van der Waals surface area contributed by atoms with Gasteiger partial charge in [-0.25, -0.2) is 0 Å². The van der Waals surface area contributed by atoms with Gasteiger partial charge in [0.05, 0.1) is 6.61 Å². The molecule has 5 heteroatoms. The molecular weight excluding hydrogens is 264 g/mol. The fourth-order valence-electron chi connectivity index (χ4n) is 1.79. The Hall–Kier alpha value is -1.26. The number of nitrogen functional groups attached to an aromatic ring is 1. The van der Waals surface area contributed by atoms with Crippen LogP contribution in [0.2, 0.25) is 5.02 Å². The molecule has 1 aliphatic carbocycles. The van der Waals surface area contributed by atoms with Crippen molar-refractivity contribution in [1.82, 2.24) is 4.90 Å². The van der Waals surface area contributed by atoms with E-state index < -0.39 is 0 Å². The summed E-state index contributed by atoms with van der Waals surface area (Å²) in [5.41, 5.74) is 6.68. The first kappa shape index (κ1) is 14.2. The van der Waals surface area contributed by atoms with Gasteiger partial charge in [0.15, 0.2) is 0 Å². The maximum Gasteiger partial charge on any atom is 0.253 e. The number of ether oxygens (including phenoxy) is 1. The maximum absolute atomic E-state index is 12.1. The van der Waals surface area contributed by atoms with Crippen LogP contribution in [0, 0.1) is 5.92 Å².